The highest BCUT2D eigenvalue weighted by Crippen LogP contribution is 2.40. The molecule has 1 aliphatic carbocycles. The topological polar surface area (TPSA) is 80.0 Å². The second-order valence-electron chi connectivity index (χ2n) is 6.13. The summed E-state index contributed by atoms with van der Waals surface area (Å²) in [5.74, 6) is 1.68. The van der Waals surface area contributed by atoms with Crippen LogP contribution in [0.4, 0.5) is 0 Å². The minimum Gasteiger partial charge on any atom is -0.392 e. The molecule has 1 saturated carbocycles. The molecule has 24 heavy (non-hydrogen) atoms. The van der Waals surface area contributed by atoms with Gasteiger partial charge < -0.3 is 15.0 Å². The lowest BCUT2D eigenvalue weighted by Gasteiger charge is -2.10. The van der Waals surface area contributed by atoms with E-state index in [1.165, 1.54) is 17.3 Å². The average Bonchev–Trinajstić information content (AvgIpc) is 3.34. The van der Waals surface area contributed by atoms with Gasteiger partial charge >= 0.3 is 0 Å². The lowest BCUT2D eigenvalue weighted by molar-refractivity contribution is -0.118. The molecule has 2 N–H and O–H groups in total. The minimum absolute atomic E-state index is 0.108. The predicted molar refractivity (Wildman–Crippen MR) is 93.0 cm³/mol. The maximum absolute atomic E-state index is 11.8. The molecule has 0 radical (unpaired) electrons. The third-order valence-corrected chi connectivity index (χ3v) is 4.77. The summed E-state index contributed by atoms with van der Waals surface area (Å²) < 4.78 is 2.12. The highest BCUT2D eigenvalue weighted by atomic mass is 32.2. The Morgan fingerprint density at radius 3 is 2.79 bits per heavy atom. The molecule has 2 aromatic rings. The first-order valence-electron chi connectivity index (χ1n) is 8.18. The van der Waals surface area contributed by atoms with E-state index in [1.807, 2.05) is 18.2 Å². The number of nitrogens with zero attached hydrogens (tertiary/aromatic N) is 3. The van der Waals surface area contributed by atoms with Crippen molar-refractivity contribution in [1.82, 2.24) is 20.1 Å². The smallest absolute Gasteiger partial charge is 0.230 e. The van der Waals surface area contributed by atoms with Gasteiger partial charge in [-0.1, -0.05) is 42.1 Å². The number of carbonyl (C=O) groups excluding carboxylic acids is 1. The molecule has 0 aliphatic heterocycles. The summed E-state index contributed by atoms with van der Waals surface area (Å²) in [4.78, 5) is 11.8. The molecule has 1 atom stereocenters. The van der Waals surface area contributed by atoms with Crippen LogP contribution in [-0.2, 0) is 11.3 Å². The monoisotopic (exact) mass is 346 g/mol. The van der Waals surface area contributed by atoms with Crippen molar-refractivity contribution in [1.29, 1.82) is 0 Å². The van der Waals surface area contributed by atoms with Crippen LogP contribution >= 0.6 is 11.8 Å². The van der Waals surface area contributed by atoms with Crippen LogP contribution in [0.1, 0.15) is 37.1 Å². The van der Waals surface area contributed by atoms with E-state index in [9.17, 15) is 9.90 Å². The summed E-state index contributed by atoms with van der Waals surface area (Å²) in [5, 5.41) is 21.3. The molecule has 7 heteroatoms. The Hall–Kier alpha value is -1.86. The number of benzene rings is 1. The van der Waals surface area contributed by atoms with Gasteiger partial charge in [0.25, 0.3) is 0 Å². The fourth-order valence-electron chi connectivity index (χ4n) is 2.41. The number of aromatic nitrogens is 3. The number of thioether (sulfide) groups is 1. The van der Waals surface area contributed by atoms with Crippen LogP contribution in [0.2, 0.25) is 0 Å². The zero-order valence-corrected chi connectivity index (χ0v) is 14.5. The average molecular weight is 346 g/mol. The first-order valence-corrected chi connectivity index (χ1v) is 9.16. The third-order valence-electron chi connectivity index (χ3n) is 3.80. The van der Waals surface area contributed by atoms with Gasteiger partial charge in [0.2, 0.25) is 5.91 Å². The van der Waals surface area contributed by atoms with E-state index in [-0.39, 0.29) is 18.2 Å². The van der Waals surface area contributed by atoms with Crippen molar-refractivity contribution in [3.8, 4) is 0 Å². The molecule has 1 aromatic carbocycles. The van der Waals surface area contributed by atoms with E-state index < -0.39 is 6.10 Å². The molecule has 6 nitrogen and oxygen atoms in total. The van der Waals surface area contributed by atoms with Crippen molar-refractivity contribution >= 4 is 17.7 Å². The summed E-state index contributed by atoms with van der Waals surface area (Å²) in [6.07, 6.45) is 1.78. The Morgan fingerprint density at radius 2 is 2.12 bits per heavy atom. The molecule has 0 saturated heterocycles. The largest absolute Gasteiger partial charge is 0.392 e. The van der Waals surface area contributed by atoms with E-state index in [1.54, 1.807) is 6.92 Å². The van der Waals surface area contributed by atoms with E-state index in [2.05, 4.69) is 32.2 Å². The highest BCUT2D eigenvalue weighted by molar-refractivity contribution is 7.99. The molecule has 0 bridgehead atoms. The maximum Gasteiger partial charge on any atom is 0.230 e. The Kier molecular flexibility index (Phi) is 5.52. The van der Waals surface area contributed by atoms with Crippen LogP contribution < -0.4 is 5.32 Å². The van der Waals surface area contributed by atoms with Gasteiger partial charge in [0.15, 0.2) is 5.16 Å². The molecular formula is C17H22N4O2S. The summed E-state index contributed by atoms with van der Waals surface area (Å²) >= 11 is 1.39. The van der Waals surface area contributed by atoms with E-state index >= 15 is 0 Å². The summed E-state index contributed by atoms with van der Waals surface area (Å²) in [5.41, 5.74) is 1.19. The lowest BCUT2D eigenvalue weighted by Crippen LogP contribution is -2.31. The molecule has 1 aromatic heterocycles. The van der Waals surface area contributed by atoms with Crippen molar-refractivity contribution in [2.45, 2.75) is 43.5 Å². The van der Waals surface area contributed by atoms with Crippen molar-refractivity contribution in [2.75, 3.05) is 12.3 Å². The fourth-order valence-corrected chi connectivity index (χ4v) is 3.18. The van der Waals surface area contributed by atoms with Gasteiger partial charge in [-0.15, -0.1) is 10.2 Å². The lowest BCUT2D eigenvalue weighted by atomic mass is 10.2. The second kappa shape index (κ2) is 7.81. The van der Waals surface area contributed by atoms with Gasteiger partial charge in [-0.25, -0.2) is 0 Å². The fraction of sp³-hybridized carbons (Fsp3) is 0.471. The van der Waals surface area contributed by atoms with Crippen LogP contribution in [0.25, 0.3) is 0 Å². The number of nitrogens with one attached hydrogen (secondary N) is 1. The number of aliphatic hydroxyl groups is 1. The minimum atomic E-state index is -0.540. The second-order valence-corrected chi connectivity index (χ2v) is 7.07. The number of hydrogen-bond donors (Lipinski definition) is 2. The molecule has 1 aliphatic rings. The summed E-state index contributed by atoms with van der Waals surface area (Å²) in [6, 6.07) is 10.2. The van der Waals surface area contributed by atoms with E-state index in [0.717, 1.165) is 30.4 Å². The Labute approximate surface area is 145 Å². The molecule has 0 spiro atoms. The van der Waals surface area contributed by atoms with Crippen molar-refractivity contribution < 1.29 is 9.90 Å². The molecule has 1 fully saturated rings. The molecule has 1 amide bonds. The van der Waals surface area contributed by atoms with Crippen LogP contribution in [-0.4, -0.2) is 44.2 Å². The standard InChI is InChI=1S/C17H22N4O2S/c1-12(22)9-18-15(23)11-24-17-20-19-16(14-7-8-14)21(17)10-13-5-3-2-4-6-13/h2-6,12,14,22H,7-11H2,1H3,(H,18,23). The van der Waals surface area contributed by atoms with Crippen LogP contribution in [0.3, 0.4) is 0 Å². The SMILES string of the molecule is CC(O)CNC(=O)CSc1nnc(C2CC2)n1Cc1ccccc1. The Morgan fingerprint density at radius 1 is 1.38 bits per heavy atom. The quantitative estimate of drug-likeness (QED) is 0.713. The number of rotatable bonds is 8. The first-order chi connectivity index (χ1) is 11.6. The van der Waals surface area contributed by atoms with Crippen LogP contribution in [0.5, 0.6) is 0 Å². The number of amides is 1. The zero-order valence-electron chi connectivity index (χ0n) is 13.7. The van der Waals surface area contributed by atoms with Crippen LogP contribution in [0, 0.1) is 0 Å². The van der Waals surface area contributed by atoms with Gasteiger partial charge in [-0.05, 0) is 25.3 Å². The van der Waals surface area contributed by atoms with Crippen molar-refractivity contribution in [3.63, 3.8) is 0 Å². The highest BCUT2D eigenvalue weighted by Gasteiger charge is 2.30. The normalized spacial score (nSPS) is 15.2. The van der Waals surface area contributed by atoms with E-state index in [4.69, 9.17) is 0 Å². The first kappa shape index (κ1) is 17.0. The Balaban J connectivity index is 1.67. The van der Waals surface area contributed by atoms with Crippen molar-refractivity contribution in [3.05, 3.63) is 41.7 Å². The number of hydrogen-bond acceptors (Lipinski definition) is 5. The number of carbonyl (C=O) groups is 1. The maximum atomic E-state index is 11.8. The van der Waals surface area contributed by atoms with Gasteiger partial charge in [0.1, 0.15) is 5.82 Å². The molecule has 1 heterocycles. The molecular weight excluding hydrogens is 324 g/mol. The van der Waals surface area contributed by atoms with Crippen molar-refractivity contribution in [2.24, 2.45) is 0 Å². The third kappa shape index (κ3) is 4.58. The zero-order chi connectivity index (χ0) is 16.9. The summed E-state index contributed by atoms with van der Waals surface area (Å²) in [7, 11) is 0. The van der Waals surface area contributed by atoms with Gasteiger partial charge in [0, 0.05) is 12.5 Å². The number of aliphatic hydroxyl groups excluding tert-OH is 1. The Bertz CT molecular complexity index is 683. The van der Waals surface area contributed by atoms with Crippen LogP contribution in [0.15, 0.2) is 35.5 Å². The van der Waals surface area contributed by atoms with Gasteiger partial charge in [0.05, 0.1) is 18.4 Å². The van der Waals surface area contributed by atoms with E-state index in [0.29, 0.717) is 5.92 Å². The predicted octanol–water partition coefficient (Wildman–Crippen LogP) is 1.79. The molecule has 3 rings (SSSR count). The molecule has 1 unspecified atom stereocenters. The van der Waals surface area contributed by atoms with Gasteiger partial charge in [-0.2, -0.15) is 0 Å². The summed E-state index contributed by atoms with van der Waals surface area (Å²) in [6.45, 7) is 2.63. The van der Waals surface area contributed by atoms with Gasteiger partial charge in [-0.3, -0.25) is 4.79 Å². The molecule has 128 valence electrons.